The molecule has 4 rings (SSSR count). The molecule has 26 heavy (non-hydrogen) atoms. The Hall–Kier alpha value is -2.89. The summed E-state index contributed by atoms with van der Waals surface area (Å²) in [5, 5.41) is 1.07. The molecule has 0 aliphatic carbocycles. The van der Waals surface area contributed by atoms with Gasteiger partial charge in [-0.2, -0.15) is 0 Å². The number of rotatable bonds is 3. The van der Waals surface area contributed by atoms with Gasteiger partial charge >= 0.3 is 0 Å². The average molecular weight is 349 g/mol. The van der Waals surface area contributed by atoms with Crippen molar-refractivity contribution in [1.82, 2.24) is 19.9 Å². The maximum absolute atomic E-state index is 12.8. The molecule has 0 atom stereocenters. The summed E-state index contributed by atoms with van der Waals surface area (Å²) in [7, 11) is 0. The van der Waals surface area contributed by atoms with Crippen LogP contribution in [0.4, 0.5) is 5.82 Å². The van der Waals surface area contributed by atoms with Crippen LogP contribution < -0.4 is 4.90 Å². The first-order valence-corrected chi connectivity index (χ1v) is 9.10. The molecule has 0 bridgehead atoms. The molecule has 1 amide bonds. The van der Waals surface area contributed by atoms with Gasteiger partial charge in [0.15, 0.2) is 0 Å². The number of nitrogens with zero attached hydrogens (tertiary/aromatic N) is 4. The molecular weight excluding hydrogens is 326 g/mol. The molecule has 3 aromatic rings. The highest BCUT2D eigenvalue weighted by atomic mass is 16.2. The van der Waals surface area contributed by atoms with Crippen LogP contribution in [-0.2, 0) is 6.42 Å². The molecule has 1 fully saturated rings. The fourth-order valence-corrected chi connectivity index (χ4v) is 3.43. The van der Waals surface area contributed by atoms with Crippen molar-refractivity contribution >= 4 is 22.6 Å². The normalized spacial score (nSPS) is 14.8. The first-order valence-electron chi connectivity index (χ1n) is 9.10. The van der Waals surface area contributed by atoms with Gasteiger partial charge in [-0.05, 0) is 19.1 Å². The smallest absolute Gasteiger partial charge is 0.270 e. The number of amides is 1. The number of hydrogen-bond donors (Lipinski definition) is 1. The number of aryl methyl sites for hydroxylation is 2. The van der Waals surface area contributed by atoms with Crippen LogP contribution in [0.3, 0.4) is 0 Å². The highest BCUT2D eigenvalue weighted by Gasteiger charge is 2.24. The number of aromatic nitrogens is 3. The summed E-state index contributed by atoms with van der Waals surface area (Å²) in [4.78, 5) is 29.3. The Labute approximate surface area is 152 Å². The second kappa shape index (κ2) is 6.78. The topological polar surface area (TPSA) is 65.1 Å². The number of carbonyl (C=O) groups is 1. The quantitative estimate of drug-likeness (QED) is 0.790. The number of piperazine rings is 1. The minimum absolute atomic E-state index is 0.0639. The van der Waals surface area contributed by atoms with Crippen molar-refractivity contribution in [1.29, 1.82) is 0 Å². The summed E-state index contributed by atoms with van der Waals surface area (Å²) in [5.41, 5.74) is 2.65. The molecular formula is C20H23N5O. The number of fused-ring (bicyclic) bond motifs is 1. The predicted molar refractivity (Wildman–Crippen MR) is 103 cm³/mol. The molecule has 0 unspecified atom stereocenters. The molecule has 1 aliphatic rings. The Bertz CT molecular complexity index is 907. The van der Waals surface area contributed by atoms with E-state index in [1.807, 2.05) is 48.2 Å². The fraction of sp³-hybridized carbons (Fsp3) is 0.350. The summed E-state index contributed by atoms with van der Waals surface area (Å²) < 4.78 is 0. The molecule has 0 spiro atoms. The van der Waals surface area contributed by atoms with E-state index in [2.05, 4.69) is 26.8 Å². The van der Waals surface area contributed by atoms with Crippen LogP contribution in [0.25, 0.3) is 10.9 Å². The third-order valence-electron chi connectivity index (χ3n) is 4.85. The van der Waals surface area contributed by atoms with Gasteiger partial charge in [0.2, 0.25) is 0 Å². The fourth-order valence-electron chi connectivity index (χ4n) is 3.43. The van der Waals surface area contributed by atoms with E-state index in [0.717, 1.165) is 47.7 Å². The summed E-state index contributed by atoms with van der Waals surface area (Å²) in [5.74, 6) is 1.90. The van der Waals surface area contributed by atoms with Gasteiger partial charge in [-0.1, -0.05) is 25.1 Å². The minimum Gasteiger partial charge on any atom is -0.353 e. The van der Waals surface area contributed by atoms with Crippen LogP contribution in [0.2, 0.25) is 0 Å². The molecule has 1 saturated heterocycles. The maximum atomic E-state index is 12.8. The summed E-state index contributed by atoms with van der Waals surface area (Å²) in [6.45, 7) is 7.02. The van der Waals surface area contributed by atoms with Crippen LogP contribution in [0.5, 0.6) is 0 Å². The van der Waals surface area contributed by atoms with Gasteiger partial charge in [0.1, 0.15) is 17.3 Å². The van der Waals surface area contributed by atoms with E-state index in [1.54, 1.807) is 0 Å². The van der Waals surface area contributed by atoms with Crippen LogP contribution in [0.15, 0.2) is 36.4 Å². The third-order valence-corrected chi connectivity index (χ3v) is 4.85. The van der Waals surface area contributed by atoms with Gasteiger partial charge in [-0.25, -0.2) is 9.97 Å². The van der Waals surface area contributed by atoms with Gasteiger partial charge in [0.05, 0.1) is 0 Å². The highest BCUT2D eigenvalue weighted by molar-refractivity contribution is 5.98. The molecule has 1 aromatic carbocycles. The number of para-hydroxylation sites is 1. The number of carbonyl (C=O) groups excluding carboxylic acids is 1. The van der Waals surface area contributed by atoms with Crippen molar-refractivity contribution in [3.05, 3.63) is 53.6 Å². The summed E-state index contributed by atoms with van der Waals surface area (Å²) >= 11 is 0. The Morgan fingerprint density at radius 3 is 2.62 bits per heavy atom. The average Bonchev–Trinajstić information content (AvgIpc) is 3.11. The highest BCUT2D eigenvalue weighted by Crippen LogP contribution is 2.19. The van der Waals surface area contributed by atoms with Crippen LogP contribution >= 0.6 is 0 Å². The number of benzene rings is 1. The van der Waals surface area contributed by atoms with Crippen molar-refractivity contribution in [3.63, 3.8) is 0 Å². The minimum atomic E-state index is 0.0639. The second-order valence-electron chi connectivity index (χ2n) is 6.69. The van der Waals surface area contributed by atoms with E-state index < -0.39 is 0 Å². The van der Waals surface area contributed by atoms with Gasteiger partial charge in [0, 0.05) is 55.3 Å². The lowest BCUT2D eigenvalue weighted by Gasteiger charge is -2.35. The lowest BCUT2D eigenvalue weighted by atomic mass is 10.2. The van der Waals surface area contributed by atoms with E-state index in [-0.39, 0.29) is 5.91 Å². The van der Waals surface area contributed by atoms with E-state index in [0.29, 0.717) is 18.8 Å². The number of H-pyrrole nitrogens is 1. The van der Waals surface area contributed by atoms with Gasteiger partial charge in [-0.15, -0.1) is 0 Å². The van der Waals surface area contributed by atoms with Gasteiger partial charge in [0.25, 0.3) is 5.91 Å². The molecule has 6 nitrogen and oxygen atoms in total. The molecule has 0 saturated carbocycles. The zero-order chi connectivity index (χ0) is 18.1. The lowest BCUT2D eigenvalue weighted by molar-refractivity contribution is 0.0741. The Morgan fingerprint density at radius 1 is 1.12 bits per heavy atom. The molecule has 6 heteroatoms. The molecule has 134 valence electrons. The van der Waals surface area contributed by atoms with Gasteiger partial charge in [-0.3, -0.25) is 4.79 Å². The first kappa shape index (κ1) is 16.6. The van der Waals surface area contributed by atoms with E-state index >= 15 is 0 Å². The number of anilines is 1. The summed E-state index contributed by atoms with van der Waals surface area (Å²) in [6, 6.07) is 11.9. The first-order chi connectivity index (χ1) is 12.6. The monoisotopic (exact) mass is 349 g/mol. The van der Waals surface area contributed by atoms with Crippen LogP contribution in [-0.4, -0.2) is 51.9 Å². The van der Waals surface area contributed by atoms with E-state index in [4.69, 9.17) is 0 Å². The largest absolute Gasteiger partial charge is 0.353 e. The van der Waals surface area contributed by atoms with Crippen molar-refractivity contribution in [2.75, 3.05) is 31.1 Å². The predicted octanol–water partition coefficient (Wildman–Crippen LogP) is 2.79. The second-order valence-corrected chi connectivity index (χ2v) is 6.69. The van der Waals surface area contributed by atoms with Crippen molar-refractivity contribution < 1.29 is 4.79 Å². The zero-order valence-corrected chi connectivity index (χ0v) is 15.2. The van der Waals surface area contributed by atoms with Crippen LogP contribution in [0.1, 0.15) is 28.9 Å². The van der Waals surface area contributed by atoms with E-state index in [9.17, 15) is 4.79 Å². The molecule has 0 radical (unpaired) electrons. The number of nitrogens with one attached hydrogen (secondary N) is 1. The van der Waals surface area contributed by atoms with Crippen molar-refractivity contribution in [3.8, 4) is 0 Å². The molecule has 2 aromatic heterocycles. The Balaban J connectivity index is 1.46. The standard InChI is InChI=1S/C20H23N5O/c1-3-18-21-14(2)12-19(23-18)24-8-10-25(11-9-24)20(26)17-13-15-6-4-5-7-16(15)22-17/h4-7,12-13,22H,3,8-11H2,1-2H3. The van der Waals surface area contributed by atoms with Crippen molar-refractivity contribution in [2.24, 2.45) is 0 Å². The lowest BCUT2D eigenvalue weighted by Crippen LogP contribution is -2.49. The maximum Gasteiger partial charge on any atom is 0.270 e. The molecule has 1 N–H and O–H groups in total. The number of hydrogen-bond acceptors (Lipinski definition) is 4. The Morgan fingerprint density at radius 2 is 1.88 bits per heavy atom. The van der Waals surface area contributed by atoms with Crippen LogP contribution in [0, 0.1) is 6.92 Å². The number of aromatic amines is 1. The SMILES string of the molecule is CCc1nc(C)cc(N2CCN(C(=O)c3cc4ccccc4[nH]3)CC2)n1. The van der Waals surface area contributed by atoms with Gasteiger partial charge < -0.3 is 14.8 Å². The molecule has 1 aliphatic heterocycles. The Kier molecular flexibility index (Phi) is 4.32. The summed E-state index contributed by atoms with van der Waals surface area (Å²) in [6.07, 6.45) is 0.827. The van der Waals surface area contributed by atoms with Crippen molar-refractivity contribution in [2.45, 2.75) is 20.3 Å². The van der Waals surface area contributed by atoms with E-state index in [1.165, 1.54) is 0 Å². The zero-order valence-electron chi connectivity index (χ0n) is 15.2. The third kappa shape index (κ3) is 3.14. The molecule has 3 heterocycles.